The quantitative estimate of drug-likeness (QED) is 0.717. The molecule has 2 rings (SSSR count). The van der Waals surface area contributed by atoms with E-state index >= 15 is 0 Å². The van der Waals surface area contributed by atoms with E-state index in [1.165, 1.54) is 13.0 Å². The van der Waals surface area contributed by atoms with Crippen LogP contribution in [0.1, 0.15) is 23.0 Å². The van der Waals surface area contributed by atoms with E-state index < -0.39 is 23.4 Å². The van der Waals surface area contributed by atoms with Crippen molar-refractivity contribution in [3.8, 4) is 5.69 Å². The summed E-state index contributed by atoms with van der Waals surface area (Å²) >= 11 is 9.21. The van der Waals surface area contributed by atoms with Gasteiger partial charge < -0.3 is 4.74 Å². The number of hydrogen-bond acceptors (Lipinski definition) is 3. The second-order valence-electron chi connectivity index (χ2n) is 4.13. The molecule has 0 aliphatic rings. The number of carbonyl (C=O) groups excluding carboxylic acids is 1. The maximum absolute atomic E-state index is 13.0. The van der Waals surface area contributed by atoms with Crippen LogP contribution in [0.25, 0.3) is 5.69 Å². The van der Waals surface area contributed by atoms with Gasteiger partial charge in [0.05, 0.1) is 17.3 Å². The van der Waals surface area contributed by atoms with Crippen LogP contribution >= 0.6 is 27.5 Å². The SMILES string of the molecule is CCOC(=O)c1cn(-c2cccc(Br)c2Cl)nc1C(F)(F)F. The third kappa shape index (κ3) is 3.27. The molecule has 2 aromatic rings. The second kappa shape index (κ2) is 6.29. The lowest BCUT2D eigenvalue weighted by Crippen LogP contribution is -2.14. The molecule has 0 saturated carbocycles. The van der Waals surface area contributed by atoms with Crippen molar-refractivity contribution < 1.29 is 22.7 Å². The van der Waals surface area contributed by atoms with Crippen molar-refractivity contribution in [3.05, 3.63) is 45.1 Å². The maximum atomic E-state index is 13.0. The number of benzene rings is 1. The van der Waals surface area contributed by atoms with Crippen LogP contribution in [0.3, 0.4) is 0 Å². The number of carbonyl (C=O) groups is 1. The molecule has 0 aliphatic heterocycles. The Hall–Kier alpha value is -1.54. The first-order valence-electron chi connectivity index (χ1n) is 6.04. The molecular weight excluding hydrogens is 389 g/mol. The molecule has 0 aliphatic carbocycles. The predicted molar refractivity (Wildman–Crippen MR) is 77.2 cm³/mol. The first-order valence-corrected chi connectivity index (χ1v) is 7.21. The van der Waals surface area contributed by atoms with Gasteiger partial charge in [-0.25, -0.2) is 9.48 Å². The molecule has 4 nitrogen and oxygen atoms in total. The summed E-state index contributed by atoms with van der Waals surface area (Å²) in [4.78, 5) is 11.7. The summed E-state index contributed by atoms with van der Waals surface area (Å²) < 4.78 is 45.1. The molecule has 0 amide bonds. The summed E-state index contributed by atoms with van der Waals surface area (Å²) in [6, 6.07) is 4.70. The van der Waals surface area contributed by atoms with E-state index in [0.29, 0.717) is 4.47 Å². The number of alkyl halides is 3. The summed E-state index contributed by atoms with van der Waals surface area (Å²) in [6.07, 6.45) is -3.83. The molecule has 1 heterocycles. The van der Waals surface area contributed by atoms with Crippen LogP contribution in [0.4, 0.5) is 13.2 Å². The average Bonchev–Trinajstić information content (AvgIpc) is 2.87. The molecular formula is C13H9BrClF3N2O2. The van der Waals surface area contributed by atoms with Gasteiger partial charge in [-0.05, 0) is 35.0 Å². The molecule has 1 aromatic heterocycles. The summed E-state index contributed by atoms with van der Waals surface area (Å²) in [6.45, 7) is 1.46. The zero-order valence-electron chi connectivity index (χ0n) is 11.1. The zero-order valence-corrected chi connectivity index (χ0v) is 13.5. The van der Waals surface area contributed by atoms with E-state index in [1.807, 2.05) is 0 Å². The average molecular weight is 398 g/mol. The number of nitrogens with zero attached hydrogens (tertiary/aromatic N) is 2. The molecule has 0 unspecified atom stereocenters. The fourth-order valence-electron chi connectivity index (χ4n) is 1.73. The van der Waals surface area contributed by atoms with Crippen LogP contribution in [-0.2, 0) is 10.9 Å². The largest absolute Gasteiger partial charge is 0.462 e. The molecule has 0 spiro atoms. The Labute approximate surface area is 136 Å². The Balaban J connectivity index is 2.60. The smallest absolute Gasteiger partial charge is 0.436 e. The molecule has 0 bridgehead atoms. The van der Waals surface area contributed by atoms with Crippen LogP contribution in [0.2, 0.25) is 5.02 Å². The molecule has 0 atom stereocenters. The second-order valence-corrected chi connectivity index (χ2v) is 5.36. The minimum Gasteiger partial charge on any atom is -0.462 e. The van der Waals surface area contributed by atoms with E-state index in [4.69, 9.17) is 11.6 Å². The number of halogens is 5. The Morgan fingerprint density at radius 1 is 1.45 bits per heavy atom. The standard InChI is InChI=1S/C13H9BrClF3N2O2/c1-2-22-12(21)7-6-20(19-11(7)13(16,17)18)9-5-3-4-8(14)10(9)15/h3-6H,2H2,1H3. The Kier molecular flexibility index (Phi) is 4.81. The molecule has 9 heteroatoms. The lowest BCUT2D eigenvalue weighted by Gasteiger charge is -2.06. The first-order chi connectivity index (χ1) is 10.3. The Bertz CT molecular complexity index is 716. The topological polar surface area (TPSA) is 44.1 Å². The van der Waals surface area contributed by atoms with Gasteiger partial charge in [0.25, 0.3) is 0 Å². The lowest BCUT2D eigenvalue weighted by molar-refractivity contribution is -0.141. The summed E-state index contributed by atoms with van der Waals surface area (Å²) in [5, 5.41) is 3.62. The number of esters is 1. The minimum absolute atomic E-state index is 0.0427. The third-order valence-corrected chi connectivity index (χ3v) is 3.94. The summed E-state index contributed by atoms with van der Waals surface area (Å²) in [5.74, 6) is -1.09. The number of hydrogen-bond donors (Lipinski definition) is 0. The highest BCUT2D eigenvalue weighted by Crippen LogP contribution is 2.34. The van der Waals surface area contributed by atoms with Gasteiger partial charge in [-0.3, -0.25) is 0 Å². The van der Waals surface area contributed by atoms with Gasteiger partial charge in [0.2, 0.25) is 0 Å². The zero-order chi connectivity index (χ0) is 16.5. The number of aromatic nitrogens is 2. The van der Waals surface area contributed by atoms with Crippen molar-refractivity contribution in [1.82, 2.24) is 9.78 Å². The van der Waals surface area contributed by atoms with E-state index in [9.17, 15) is 18.0 Å². The monoisotopic (exact) mass is 396 g/mol. The van der Waals surface area contributed by atoms with Crippen LogP contribution < -0.4 is 0 Å². The molecule has 0 N–H and O–H groups in total. The molecule has 118 valence electrons. The van der Waals surface area contributed by atoms with E-state index in [-0.39, 0.29) is 17.3 Å². The first kappa shape index (κ1) is 16.8. The van der Waals surface area contributed by atoms with Crippen molar-refractivity contribution in [1.29, 1.82) is 0 Å². The molecule has 0 fully saturated rings. The van der Waals surface area contributed by atoms with Crippen LogP contribution in [0, 0.1) is 0 Å². The van der Waals surface area contributed by atoms with E-state index in [2.05, 4.69) is 25.8 Å². The Morgan fingerprint density at radius 2 is 2.14 bits per heavy atom. The molecule has 0 radical (unpaired) electrons. The predicted octanol–water partition coefficient (Wildman–Crippen LogP) is 4.48. The van der Waals surface area contributed by atoms with Crippen LogP contribution in [0.15, 0.2) is 28.9 Å². The van der Waals surface area contributed by atoms with Gasteiger partial charge in [0.15, 0.2) is 5.69 Å². The highest BCUT2D eigenvalue weighted by molar-refractivity contribution is 9.10. The summed E-state index contributed by atoms with van der Waals surface area (Å²) in [7, 11) is 0. The van der Waals surface area contributed by atoms with Crippen LogP contribution in [0.5, 0.6) is 0 Å². The molecule has 1 aromatic carbocycles. The van der Waals surface area contributed by atoms with Gasteiger partial charge in [-0.1, -0.05) is 17.7 Å². The van der Waals surface area contributed by atoms with Crippen molar-refractivity contribution in [2.24, 2.45) is 0 Å². The lowest BCUT2D eigenvalue weighted by atomic mass is 10.2. The van der Waals surface area contributed by atoms with E-state index in [1.54, 1.807) is 12.1 Å². The highest BCUT2D eigenvalue weighted by Gasteiger charge is 2.40. The number of ether oxygens (including phenoxy) is 1. The number of rotatable bonds is 3. The van der Waals surface area contributed by atoms with Crippen molar-refractivity contribution >= 4 is 33.5 Å². The fourth-order valence-corrected chi connectivity index (χ4v) is 2.30. The van der Waals surface area contributed by atoms with Gasteiger partial charge in [-0.2, -0.15) is 18.3 Å². The normalized spacial score (nSPS) is 11.5. The van der Waals surface area contributed by atoms with E-state index in [0.717, 1.165) is 10.9 Å². The fraction of sp³-hybridized carbons (Fsp3) is 0.231. The highest BCUT2D eigenvalue weighted by atomic mass is 79.9. The van der Waals surface area contributed by atoms with Gasteiger partial charge >= 0.3 is 12.1 Å². The Morgan fingerprint density at radius 3 is 2.73 bits per heavy atom. The minimum atomic E-state index is -4.79. The summed E-state index contributed by atoms with van der Waals surface area (Å²) in [5.41, 5.74) is -1.77. The van der Waals surface area contributed by atoms with Crippen LogP contribution in [-0.4, -0.2) is 22.4 Å². The van der Waals surface area contributed by atoms with Crippen molar-refractivity contribution in [2.75, 3.05) is 6.61 Å². The molecule has 22 heavy (non-hydrogen) atoms. The maximum Gasteiger partial charge on any atom is 0.436 e. The third-order valence-electron chi connectivity index (χ3n) is 2.66. The van der Waals surface area contributed by atoms with Crippen molar-refractivity contribution in [3.63, 3.8) is 0 Å². The molecule has 0 saturated heterocycles. The van der Waals surface area contributed by atoms with Gasteiger partial charge in [0, 0.05) is 10.7 Å². The van der Waals surface area contributed by atoms with Crippen molar-refractivity contribution in [2.45, 2.75) is 13.1 Å². The van der Waals surface area contributed by atoms with Gasteiger partial charge in [-0.15, -0.1) is 0 Å². The van der Waals surface area contributed by atoms with Gasteiger partial charge in [0.1, 0.15) is 5.56 Å².